The molecule has 0 N–H and O–H groups in total. The summed E-state index contributed by atoms with van der Waals surface area (Å²) in [6.07, 6.45) is -1.70. The number of alkyl halides is 3. The molecule has 5 nitrogen and oxygen atoms in total. The second-order valence-electron chi connectivity index (χ2n) is 5.53. The van der Waals surface area contributed by atoms with Gasteiger partial charge in [0.15, 0.2) is 0 Å². The van der Waals surface area contributed by atoms with Gasteiger partial charge in [-0.05, 0) is 31.5 Å². The predicted molar refractivity (Wildman–Crippen MR) is 75.0 cm³/mol. The van der Waals surface area contributed by atoms with Gasteiger partial charge in [-0.15, -0.1) is 0 Å². The van der Waals surface area contributed by atoms with Gasteiger partial charge in [-0.1, -0.05) is 0 Å². The maximum absolute atomic E-state index is 15.1. The molecule has 2 rings (SSSR count). The Hall–Kier alpha value is -0.800. The number of hydrogen-bond acceptors (Lipinski definition) is 4. The highest BCUT2D eigenvalue weighted by atomic mass is 35.5. The van der Waals surface area contributed by atoms with Crippen molar-refractivity contribution in [1.29, 1.82) is 0 Å². The standard InChI is InChI=1S/C12H17ClF3N3O2S/c1-12(16,8-3-5-19(13)6-4-8)22(20,21)9-7-18(2)17-10(9)11(14)15/h7-8,11H,3-6H2,1-2H3/t12-/m1/s1. The van der Waals surface area contributed by atoms with Crippen LogP contribution in [0.15, 0.2) is 11.1 Å². The first-order chi connectivity index (χ1) is 10.1. The quantitative estimate of drug-likeness (QED) is 0.776. The summed E-state index contributed by atoms with van der Waals surface area (Å²) in [5.41, 5.74) is -0.916. The zero-order valence-corrected chi connectivity index (χ0v) is 13.7. The molecular formula is C12H17ClF3N3O2S. The van der Waals surface area contributed by atoms with Gasteiger partial charge in [0.1, 0.15) is 10.6 Å². The molecule has 1 aromatic rings. The number of aromatic nitrogens is 2. The number of sulfone groups is 1. The summed E-state index contributed by atoms with van der Waals surface area (Å²) in [6, 6.07) is 0. The van der Waals surface area contributed by atoms with Crippen molar-refractivity contribution in [2.75, 3.05) is 13.1 Å². The van der Waals surface area contributed by atoms with E-state index in [1.54, 1.807) is 0 Å². The van der Waals surface area contributed by atoms with Crippen LogP contribution in [0.3, 0.4) is 0 Å². The first kappa shape index (κ1) is 17.6. The maximum Gasteiger partial charge on any atom is 0.283 e. The summed E-state index contributed by atoms with van der Waals surface area (Å²) >= 11 is 5.78. The molecule has 0 amide bonds. The van der Waals surface area contributed by atoms with Crippen molar-refractivity contribution in [2.45, 2.75) is 36.1 Å². The Morgan fingerprint density at radius 3 is 2.45 bits per heavy atom. The molecule has 2 heterocycles. The number of aryl methyl sites for hydroxylation is 1. The fourth-order valence-electron chi connectivity index (χ4n) is 2.64. The molecule has 0 spiro atoms. The third-order valence-corrected chi connectivity index (χ3v) is 6.63. The molecular weight excluding hydrogens is 343 g/mol. The second kappa shape index (κ2) is 6.01. The third kappa shape index (κ3) is 2.98. The largest absolute Gasteiger partial charge is 0.283 e. The highest BCUT2D eigenvalue weighted by Gasteiger charge is 2.50. The lowest BCUT2D eigenvalue weighted by molar-refractivity contribution is 0.133. The number of rotatable bonds is 4. The van der Waals surface area contributed by atoms with E-state index >= 15 is 4.39 Å². The summed E-state index contributed by atoms with van der Waals surface area (Å²) in [4.78, 5) is -0.747. The smallest absolute Gasteiger partial charge is 0.274 e. The minimum Gasteiger partial charge on any atom is -0.274 e. The Morgan fingerprint density at radius 1 is 1.41 bits per heavy atom. The van der Waals surface area contributed by atoms with Gasteiger partial charge in [-0.3, -0.25) is 4.68 Å². The summed E-state index contributed by atoms with van der Waals surface area (Å²) < 4.78 is 68.6. The fourth-order valence-corrected chi connectivity index (χ4v) is 4.64. The zero-order chi connectivity index (χ0) is 16.7. The predicted octanol–water partition coefficient (Wildman–Crippen LogP) is 2.68. The lowest BCUT2D eigenvalue weighted by Crippen LogP contribution is -2.43. The number of piperidine rings is 1. The molecule has 1 saturated heterocycles. The van der Waals surface area contributed by atoms with Gasteiger partial charge < -0.3 is 0 Å². The average molecular weight is 360 g/mol. The lowest BCUT2D eigenvalue weighted by atomic mass is 9.93. The van der Waals surface area contributed by atoms with Crippen LogP contribution in [0.1, 0.15) is 31.9 Å². The average Bonchev–Trinajstić information content (AvgIpc) is 2.82. The van der Waals surface area contributed by atoms with Crippen LogP contribution in [-0.2, 0) is 16.9 Å². The Morgan fingerprint density at radius 2 is 1.95 bits per heavy atom. The molecule has 126 valence electrons. The van der Waals surface area contributed by atoms with Gasteiger partial charge in [0.25, 0.3) is 6.43 Å². The molecule has 1 aliphatic heterocycles. The molecule has 1 fully saturated rings. The molecule has 22 heavy (non-hydrogen) atoms. The number of hydrogen-bond donors (Lipinski definition) is 0. The molecule has 0 unspecified atom stereocenters. The molecule has 0 aromatic carbocycles. The van der Waals surface area contributed by atoms with E-state index in [9.17, 15) is 17.2 Å². The van der Waals surface area contributed by atoms with E-state index in [1.807, 2.05) is 0 Å². The molecule has 1 aromatic heterocycles. The summed E-state index contributed by atoms with van der Waals surface area (Å²) in [7, 11) is -3.29. The van der Waals surface area contributed by atoms with E-state index < -0.39 is 37.8 Å². The normalized spacial score (nSPS) is 21.2. The van der Waals surface area contributed by atoms with Crippen LogP contribution in [0.4, 0.5) is 13.2 Å². The minimum atomic E-state index is -4.60. The summed E-state index contributed by atoms with van der Waals surface area (Å²) in [5.74, 6) is -0.807. The summed E-state index contributed by atoms with van der Waals surface area (Å²) in [5, 5.41) is 0.784. The van der Waals surface area contributed by atoms with Crippen molar-refractivity contribution in [3.05, 3.63) is 11.9 Å². The van der Waals surface area contributed by atoms with Gasteiger partial charge in [0.2, 0.25) is 14.8 Å². The van der Waals surface area contributed by atoms with Crippen LogP contribution in [0.25, 0.3) is 0 Å². The zero-order valence-electron chi connectivity index (χ0n) is 12.1. The Kier molecular flexibility index (Phi) is 4.79. The van der Waals surface area contributed by atoms with Crippen molar-refractivity contribution >= 4 is 21.6 Å². The molecule has 1 aliphatic rings. The molecule has 0 bridgehead atoms. The van der Waals surface area contributed by atoms with Crippen LogP contribution in [-0.4, -0.2) is 40.7 Å². The van der Waals surface area contributed by atoms with Crippen LogP contribution in [0.2, 0.25) is 0 Å². The van der Waals surface area contributed by atoms with Crippen molar-refractivity contribution in [3.8, 4) is 0 Å². The maximum atomic E-state index is 15.1. The van der Waals surface area contributed by atoms with Gasteiger partial charge in [0.05, 0.1) is 0 Å². The molecule has 0 saturated carbocycles. The SMILES string of the molecule is Cn1cc(S(=O)(=O)[C@@](C)(F)C2CCN(Cl)CC2)c(C(F)F)n1. The highest BCUT2D eigenvalue weighted by Crippen LogP contribution is 2.41. The minimum absolute atomic E-state index is 0.236. The molecule has 0 radical (unpaired) electrons. The molecule has 0 aliphatic carbocycles. The van der Waals surface area contributed by atoms with E-state index in [0.717, 1.165) is 17.8 Å². The van der Waals surface area contributed by atoms with E-state index in [2.05, 4.69) is 5.10 Å². The fraction of sp³-hybridized carbons (Fsp3) is 0.750. The van der Waals surface area contributed by atoms with Gasteiger partial charge in [0, 0.05) is 32.3 Å². The van der Waals surface area contributed by atoms with Crippen LogP contribution in [0.5, 0.6) is 0 Å². The van der Waals surface area contributed by atoms with E-state index in [-0.39, 0.29) is 12.8 Å². The second-order valence-corrected chi connectivity index (χ2v) is 8.25. The first-order valence-electron chi connectivity index (χ1n) is 6.73. The van der Waals surface area contributed by atoms with Crippen LogP contribution < -0.4 is 0 Å². The third-order valence-electron chi connectivity index (χ3n) is 4.01. The lowest BCUT2D eigenvalue weighted by Gasteiger charge is -2.35. The highest BCUT2D eigenvalue weighted by molar-refractivity contribution is 7.92. The van der Waals surface area contributed by atoms with Crippen molar-refractivity contribution in [1.82, 2.24) is 14.2 Å². The number of halogens is 4. The Bertz CT molecular complexity index is 640. The monoisotopic (exact) mass is 359 g/mol. The van der Waals surface area contributed by atoms with Gasteiger partial charge in [-0.2, -0.15) is 5.10 Å². The Balaban J connectivity index is 2.41. The Labute approximate surface area is 132 Å². The summed E-state index contributed by atoms with van der Waals surface area (Å²) in [6.45, 7) is 1.62. The van der Waals surface area contributed by atoms with E-state index in [1.165, 1.54) is 11.5 Å². The topological polar surface area (TPSA) is 55.2 Å². The van der Waals surface area contributed by atoms with Gasteiger partial charge >= 0.3 is 0 Å². The molecule has 1 atom stereocenters. The van der Waals surface area contributed by atoms with Gasteiger partial charge in [-0.25, -0.2) is 26.0 Å². The van der Waals surface area contributed by atoms with E-state index in [0.29, 0.717) is 13.1 Å². The van der Waals surface area contributed by atoms with Crippen LogP contribution in [0, 0.1) is 5.92 Å². The molecule has 10 heteroatoms. The van der Waals surface area contributed by atoms with Crippen molar-refractivity contribution < 1.29 is 21.6 Å². The van der Waals surface area contributed by atoms with E-state index in [4.69, 9.17) is 11.8 Å². The van der Waals surface area contributed by atoms with Crippen molar-refractivity contribution in [2.24, 2.45) is 13.0 Å². The van der Waals surface area contributed by atoms with Crippen LogP contribution >= 0.6 is 11.8 Å². The number of nitrogens with zero attached hydrogens (tertiary/aromatic N) is 3. The first-order valence-corrected chi connectivity index (χ1v) is 8.55. The van der Waals surface area contributed by atoms with Crippen molar-refractivity contribution in [3.63, 3.8) is 0 Å².